The number of rotatable bonds is 4. The highest BCUT2D eigenvalue weighted by atomic mass is 16.5. The molecule has 3 nitrogen and oxygen atoms in total. The fourth-order valence-electron chi connectivity index (χ4n) is 2.74. The van der Waals surface area contributed by atoms with Crippen LogP contribution in [-0.2, 0) is 4.74 Å². The van der Waals surface area contributed by atoms with Crippen molar-refractivity contribution < 1.29 is 9.84 Å². The predicted octanol–water partition coefficient (Wildman–Crippen LogP) is 2.10. The van der Waals surface area contributed by atoms with E-state index in [1.54, 1.807) is 7.11 Å². The molecule has 1 aliphatic carbocycles. The van der Waals surface area contributed by atoms with Crippen molar-refractivity contribution in [3.8, 4) is 6.07 Å². The van der Waals surface area contributed by atoms with Gasteiger partial charge in [-0.2, -0.15) is 5.26 Å². The molecule has 1 saturated carbocycles. The third-order valence-electron chi connectivity index (χ3n) is 3.83. The lowest BCUT2D eigenvalue weighted by Crippen LogP contribution is -2.49. The lowest BCUT2D eigenvalue weighted by molar-refractivity contribution is -0.104. The standard InChI is InChI=1S/C12H21NO2/c1-4-12(14,9-15-3)11(8-13)6-5-10(2)7-11/h10,14H,4-7,9H2,1-3H3. The molecule has 0 aromatic carbocycles. The van der Waals surface area contributed by atoms with E-state index in [9.17, 15) is 10.4 Å². The van der Waals surface area contributed by atoms with Gasteiger partial charge < -0.3 is 9.84 Å². The summed E-state index contributed by atoms with van der Waals surface area (Å²) in [5, 5.41) is 19.9. The minimum absolute atomic E-state index is 0.254. The quantitative estimate of drug-likeness (QED) is 0.774. The highest BCUT2D eigenvalue weighted by molar-refractivity contribution is 5.14. The van der Waals surface area contributed by atoms with Crippen molar-refractivity contribution in [1.82, 2.24) is 0 Å². The largest absolute Gasteiger partial charge is 0.386 e. The number of hydrogen-bond acceptors (Lipinski definition) is 3. The number of nitrogens with zero attached hydrogens (tertiary/aromatic N) is 1. The second kappa shape index (κ2) is 4.51. The Kier molecular flexibility index (Phi) is 3.75. The molecule has 0 aromatic rings. The SMILES string of the molecule is CCC(O)(COC)C1(C#N)CCC(C)C1. The van der Waals surface area contributed by atoms with Crippen molar-refractivity contribution in [3.63, 3.8) is 0 Å². The first-order chi connectivity index (χ1) is 7.03. The summed E-state index contributed by atoms with van der Waals surface area (Å²) in [5.41, 5.74) is -1.58. The summed E-state index contributed by atoms with van der Waals surface area (Å²) in [4.78, 5) is 0. The molecular weight excluding hydrogens is 190 g/mol. The summed E-state index contributed by atoms with van der Waals surface area (Å²) >= 11 is 0. The first-order valence-electron chi connectivity index (χ1n) is 5.66. The molecule has 1 aliphatic rings. The Morgan fingerprint density at radius 3 is 2.67 bits per heavy atom. The van der Waals surface area contributed by atoms with Crippen LogP contribution >= 0.6 is 0 Å². The molecule has 0 heterocycles. The van der Waals surface area contributed by atoms with Crippen LogP contribution in [0.5, 0.6) is 0 Å². The Morgan fingerprint density at radius 2 is 2.33 bits per heavy atom. The highest BCUT2D eigenvalue weighted by Gasteiger charge is 2.53. The van der Waals surface area contributed by atoms with Gasteiger partial charge in [-0.15, -0.1) is 0 Å². The maximum Gasteiger partial charge on any atom is 0.106 e. The zero-order chi connectivity index (χ0) is 11.5. The number of hydrogen-bond donors (Lipinski definition) is 1. The molecule has 0 aliphatic heterocycles. The smallest absolute Gasteiger partial charge is 0.106 e. The van der Waals surface area contributed by atoms with Crippen LogP contribution in [0.15, 0.2) is 0 Å². The number of aliphatic hydroxyl groups is 1. The van der Waals surface area contributed by atoms with Crippen LogP contribution in [0.2, 0.25) is 0 Å². The summed E-state index contributed by atoms with van der Waals surface area (Å²) in [6, 6.07) is 2.35. The molecule has 3 heteroatoms. The van der Waals surface area contributed by atoms with Gasteiger partial charge in [0.25, 0.3) is 0 Å². The number of methoxy groups -OCH3 is 1. The van der Waals surface area contributed by atoms with Crippen molar-refractivity contribution in [1.29, 1.82) is 5.26 Å². The van der Waals surface area contributed by atoms with Gasteiger partial charge in [-0.05, 0) is 31.6 Å². The van der Waals surface area contributed by atoms with Crippen LogP contribution in [0.25, 0.3) is 0 Å². The number of ether oxygens (including phenoxy) is 1. The minimum Gasteiger partial charge on any atom is -0.386 e. The number of nitriles is 1. The molecule has 1 fully saturated rings. The summed E-state index contributed by atoms with van der Waals surface area (Å²) in [6.07, 6.45) is 3.18. The van der Waals surface area contributed by atoms with Crippen LogP contribution in [-0.4, -0.2) is 24.4 Å². The Balaban J connectivity index is 2.94. The van der Waals surface area contributed by atoms with E-state index in [0.717, 1.165) is 19.3 Å². The second-order valence-corrected chi connectivity index (χ2v) is 4.86. The average molecular weight is 211 g/mol. The summed E-state index contributed by atoms with van der Waals surface area (Å²) in [5.74, 6) is 0.527. The van der Waals surface area contributed by atoms with Crippen molar-refractivity contribution in [2.24, 2.45) is 11.3 Å². The Morgan fingerprint density at radius 1 is 1.67 bits per heavy atom. The lowest BCUT2D eigenvalue weighted by atomic mass is 9.70. The highest BCUT2D eigenvalue weighted by Crippen LogP contribution is 2.49. The van der Waals surface area contributed by atoms with Crippen molar-refractivity contribution in [2.45, 2.75) is 45.1 Å². The fourth-order valence-corrected chi connectivity index (χ4v) is 2.74. The van der Waals surface area contributed by atoms with E-state index in [2.05, 4.69) is 13.0 Å². The molecule has 0 saturated heterocycles. The summed E-state index contributed by atoms with van der Waals surface area (Å²) in [7, 11) is 1.57. The molecule has 0 radical (unpaired) electrons. The summed E-state index contributed by atoms with van der Waals surface area (Å²) < 4.78 is 5.07. The molecule has 3 atom stereocenters. The van der Waals surface area contributed by atoms with Gasteiger partial charge in [-0.25, -0.2) is 0 Å². The van der Waals surface area contributed by atoms with Crippen LogP contribution in [0, 0.1) is 22.7 Å². The molecule has 0 bridgehead atoms. The van der Waals surface area contributed by atoms with Gasteiger partial charge in [0.05, 0.1) is 18.1 Å². The van der Waals surface area contributed by atoms with Gasteiger partial charge in [0.2, 0.25) is 0 Å². The third-order valence-corrected chi connectivity index (χ3v) is 3.83. The normalized spacial score (nSPS) is 34.7. The molecule has 3 unspecified atom stereocenters. The Bertz CT molecular complexity index is 261. The van der Waals surface area contributed by atoms with Gasteiger partial charge in [0, 0.05) is 7.11 Å². The van der Waals surface area contributed by atoms with Gasteiger partial charge in [-0.3, -0.25) is 0 Å². The molecule has 0 aromatic heterocycles. The first-order valence-corrected chi connectivity index (χ1v) is 5.66. The molecule has 15 heavy (non-hydrogen) atoms. The van der Waals surface area contributed by atoms with E-state index in [1.165, 1.54) is 0 Å². The summed E-state index contributed by atoms with van der Waals surface area (Å²) in [6.45, 7) is 4.31. The van der Waals surface area contributed by atoms with E-state index in [0.29, 0.717) is 12.3 Å². The fraction of sp³-hybridized carbons (Fsp3) is 0.917. The molecule has 0 amide bonds. The van der Waals surface area contributed by atoms with Crippen LogP contribution in [0.4, 0.5) is 0 Å². The van der Waals surface area contributed by atoms with Crippen LogP contribution < -0.4 is 0 Å². The van der Waals surface area contributed by atoms with Crippen LogP contribution in [0.1, 0.15) is 39.5 Å². The van der Waals surface area contributed by atoms with Gasteiger partial charge >= 0.3 is 0 Å². The molecule has 1 N–H and O–H groups in total. The zero-order valence-corrected chi connectivity index (χ0v) is 9.92. The van der Waals surface area contributed by atoms with Crippen LogP contribution in [0.3, 0.4) is 0 Å². The molecular formula is C12H21NO2. The van der Waals surface area contributed by atoms with E-state index < -0.39 is 11.0 Å². The Labute approximate surface area is 92.0 Å². The van der Waals surface area contributed by atoms with Crippen molar-refractivity contribution in [3.05, 3.63) is 0 Å². The first kappa shape index (κ1) is 12.5. The maximum atomic E-state index is 10.5. The Hall–Kier alpha value is -0.590. The molecule has 86 valence electrons. The van der Waals surface area contributed by atoms with E-state index in [1.807, 2.05) is 6.92 Å². The van der Waals surface area contributed by atoms with Gasteiger partial charge in [0.1, 0.15) is 5.60 Å². The monoisotopic (exact) mass is 211 g/mol. The van der Waals surface area contributed by atoms with E-state index in [-0.39, 0.29) is 6.61 Å². The average Bonchev–Trinajstić information content (AvgIpc) is 2.62. The lowest BCUT2D eigenvalue weighted by Gasteiger charge is -2.39. The molecule has 1 rings (SSSR count). The molecule has 0 spiro atoms. The van der Waals surface area contributed by atoms with Gasteiger partial charge in [0.15, 0.2) is 0 Å². The predicted molar refractivity (Wildman–Crippen MR) is 58.2 cm³/mol. The van der Waals surface area contributed by atoms with E-state index in [4.69, 9.17) is 4.74 Å². The minimum atomic E-state index is -0.985. The van der Waals surface area contributed by atoms with E-state index >= 15 is 0 Å². The van der Waals surface area contributed by atoms with Gasteiger partial charge in [-0.1, -0.05) is 13.8 Å². The second-order valence-electron chi connectivity index (χ2n) is 4.86. The third kappa shape index (κ3) is 2.02. The van der Waals surface area contributed by atoms with Crippen molar-refractivity contribution >= 4 is 0 Å². The topological polar surface area (TPSA) is 53.2 Å². The zero-order valence-electron chi connectivity index (χ0n) is 9.92. The maximum absolute atomic E-state index is 10.5. The van der Waals surface area contributed by atoms with Crippen molar-refractivity contribution in [2.75, 3.05) is 13.7 Å².